The highest BCUT2D eigenvalue weighted by atomic mass is 32.1. The zero-order valence-corrected chi connectivity index (χ0v) is 20.3. The average Bonchev–Trinajstić information content (AvgIpc) is 3.41. The fourth-order valence-electron chi connectivity index (χ4n) is 4.47. The van der Waals surface area contributed by atoms with Gasteiger partial charge in [-0.15, -0.1) is 11.3 Å². The Labute approximate surface area is 194 Å². The van der Waals surface area contributed by atoms with Crippen LogP contribution >= 0.6 is 11.3 Å². The van der Waals surface area contributed by atoms with Gasteiger partial charge in [0.05, 0.1) is 11.0 Å². The minimum Gasteiger partial charge on any atom is -0.481 e. The van der Waals surface area contributed by atoms with E-state index >= 15 is 0 Å². The summed E-state index contributed by atoms with van der Waals surface area (Å²) in [4.78, 5) is 30.6. The van der Waals surface area contributed by atoms with E-state index in [1.54, 1.807) is 11.3 Å². The molecular weight excluding hydrogens is 420 g/mol. The molecule has 2 atom stereocenters. The van der Waals surface area contributed by atoms with E-state index in [4.69, 9.17) is 4.98 Å². The number of carbonyl (C=O) groups is 2. The van der Waals surface area contributed by atoms with Gasteiger partial charge in [-0.2, -0.15) is 0 Å². The average molecular weight is 455 g/mol. The second-order valence-electron chi connectivity index (χ2n) is 8.70. The van der Waals surface area contributed by atoms with Crippen LogP contribution in [0.15, 0.2) is 35.7 Å². The first-order valence-electron chi connectivity index (χ1n) is 11.7. The van der Waals surface area contributed by atoms with Gasteiger partial charge in [0.15, 0.2) is 5.78 Å². The first-order valence-corrected chi connectivity index (χ1v) is 12.5. The second kappa shape index (κ2) is 10.9. The van der Waals surface area contributed by atoms with E-state index in [0.717, 1.165) is 42.5 Å². The Bertz CT molecular complexity index is 1050. The lowest BCUT2D eigenvalue weighted by Crippen LogP contribution is -2.19. The predicted octanol–water partition coefficient (Wildman–Crippen LogP) is 6.76. The Balaban J connectivity index is 1.95. The third-order valence-corrected chi connectivity index (χ3v) is 7.51. The van der Waals surface area contributed by atoms with Crippen LogP contribution in [0.3, 0.4) is 0 Å². The molecule has 6 heteroatoms. The third-order valence-electron chi connectivity index (χ3n) is 6.64. The zero-order chi connectivity index (χ0) is 23.3. The lowest BCUT2D eigenvalue weighted by Gasteiger charge is -2.20. The van der Waals surface area contributed by atoms with Crippen LogP contribution in [0.4, 0.5) is 0 Å². The summed E-state index contributed by atoms with van der Waals surface area (Å²) in [5, 5.41) is 11.4. The molecule has 0 aliphatic heterocycles. The Kier molecular flexibility index (Phi) is 8.24. The van der Waals surface area contributed by atoms with Crippen LogP contribution in [0.2, 0.25) is 0 Å². The number of thiophene rings is 1. The molecule has 1 N–H and O–H groups in total. The smallest absolute Gasteiger partial charge is 0.303 e. The number of aromatic nitrogens is 2. The minimum absolute atomic E-state index is 0.00431. The highest BCUT2D eigenvalue weighted by Crippen LogP contribution is 2.30. The number of carbonyl (C=O) groups excluding carboxylic acids is 1. The van der Waals surface area contributed by atoms with Crippen molar-refractivity contribution in [3.8, 4) is 0 Å². The molecule has 0 amide bonds. The van der Waals surface area contributed by atoms with Gasteiger partial charge in [-0.25, -0.2) is 4.98 Å². The molecule has 0 saturated carbocycles. The maximum absolute atomic E-state index is 13.1. The molecule has 32 heavy (non-hydrogen) atoms. The topological polar surface area (TPSA) is 72.2 Å². The van der Waals surface area contributed by atoms with Crippen molar-refractivity contribution < 1.29 is 14.7 Å². The van der Waals surface area contributed by atoms with Gasteiger partial charge in [0.2, 0.25) is 0 Å². The number of Topliss-reactive ketones (excluding diaryl/α,β-unsaturated/α-hetero) is 1. The summed E-state index contributed by atoms with van der Waals surface area (Å²) in [6.07, 6.45) is 3.95. The molecule has 3 aromatic rings. The van der Waals surface area contributed by atoms with Crippen molar-refractivity contribution in [1.29, 1.82) is 0 Å². The van der Waals surface area contributed by atoms with Gasteiger partial charge in [-0.3, -0.25) is 9.59 Å². The van der Waals surface area contributed by atoms with E-state index in [1.807, 2.05) is 32.0 Å². The van der Waals surface area contributed by atoms with Crippen LogP contribution in [0, 0.1) is 11.8 Å². The molecule has 2 heterocycles. The number of ketones is 1. The van der Waals surface area contributed by atoms with Crippen LogP contribution in [0.5, 0.6) is 0 Å². The van der Waals surface area contributed by atoms with E-state index in [0.29, 0.717) is 11.6 Å². The predicted molar refractivity (Wildman–Crippen MR) is 131 cm³/mol. The maximum Gasteiger partial charge on any atom is 0.303 e. The number of rotatable bonds is 12. The summed E-state index contributed by atoms with van der Waals surface area (Å²) >= 11 is 1.73. The lowest BCUT2D eigenvalue weighted by molar-refractivity contribution is -0.138. The molecule has 1 aromatic carbocycles. The first kappa shape index (κ1) is 24.2. The molecule has 5 nitrogen and oxygen atoms in total. The molecule has 172 valence electrons. The number of carboxylic acid groups (broad SMARTS) is 1. The number of nitrogens with zero attached hydrogens (tertiary/aromatic N) is 2. The number of imidazole rings is 1. The van der Waals surface area contributed by atoms with Crippen LogP contribution in [-0.2, 0) is 11.2 Å². The van der Waals surface area contributed by atoms with Crippen LogP contribution in [0.1, 0.15) is 86.9 Å². The van der Waals surface area contributed by atoms with Gasteiger partial charge in [-0.1, -0.05) is 40.2 Å². The summed E-state index contributed by atoms with van der Waals surface area (Å²) in [6, 6.07) is 10.3. The SMILES string of the molecule is CCC(CC)n1c(Cc2cccs2)nc2cc(C(=O)C[C@H](CC(=O)O)[C@@H](C)CC)ccc21. The van der Waals surface area contributed by atoms with Crippen molar-refractivity contribution in [2.24, 2.45) is 11.8 Å². The molecule has 0 saturated heterocycles. The van der Waals surface area contributed by atoms with Gasteiger partial charge in [0.1, 0.15) is 5.82 Å². The van der Waals surface area contributed by atoms with E-state index in [-0.39, 0.29) is 30.5 Å². The van der Waals surface area contributed by atoms with Crippen LogP contribution in [0.25, 0.3) is 11.0 Å². The first-order chi connectivity index (χ1) is 15.4. The van der Waals surface area contributed by atoms with E-state index < -0.39 is 5.97 Å². The quantitative estimate of drug-likeness (QED) is 0.307. The summed E-state index contributed by atoms with van der Waals surface area (Å²) in [7, 11) is 0. The fourth-order valence-corrected chi connectivity index (χ4v) is 5.17. The number of aliphatic carboxylic acids is 1. The van der Waals surface area contributed by atoms with Gasteiger partial charge in [0.25, 0.3) is 0 Å². The Morgan fingerprint density at radius 3 is 2.44 bits per heavy atom. The number of carboxylic acids is 1. The van der Waals surface area contributed by atoms with Crippen molar-refractivity contribution in [2.75, 3.05) is 0 Å². The normalized spacial score (nSPS) is 13.5. The molecule has 0 unspecified atom stereocenters. The van der Waals surface area contributed by atoms with Gasteiger partial charge in [-0.05, 0) is 54.3 Å². The van der Waals surface area contributed by atoms with Crippen LogP contribution in [-0.4, -0.2) is 26.4 Å². The van der Waals surface area contributed by atoms with Gasteiger partial charge < -0.3 is 9.67 Å². The molecular formula is C26H34N2O3S. The van der Waals surface area contributed by atoms with Crippen molar-refractivity contribution in [3.05, 3.63) is 52.0 Å². The standard InChI is InChI=1S/C26H34N2O3S/c1-5-17(4)19(15-26(30)31)14-24(29)18-10-11-23-22(13-18)27-25(16-21-9-8-12-32-21)28(23)20(6-2)7-3/h8-13,17,19-20H,5-7,14-16H2,1-4H3,(H,30,31)/t17-,19+/m0/s1. The maximum atomic E-state index is 13.1. The number of benzene rings is 1. The summed E-state index contributed by atoms with van der Waals surface area (Å²) in [5.41, 5.74) is 2.52. The van der Waals surface area contributed by atoms with E-state index in [2.05, 4.69) is 35.9 Å². The van der Waals surface area contributed by atoms with E-state index in [1.165, 1.54) is 4.88 Å². The highest BCUT2D eigenvalue weighted by Gasteiger charge is 2.24. The van der Waals surface area contributed by atoms with Crippen molar-refractivity contribution in [1.82, 2.24) is 9.55 Å². The Hall–Kier alpha value is -2.47. The number of hydrogen-bond donors (Lipinski definition) is 1. The molecule has 0 bridgehead atoms. The Morgan fingerprint density at radius 1 is 1.09 bits per heavy atom. The van der Waals surface area contributed by atoms with E-state index in [9.17, 15) is 14.7 Å². The molecule has 0 aliphatic rings. The molecule has 2 aromatic heterocycles. The third kappa shape index (κ3) is 5.47. The van der Waals surface area contributed by atoms with Gasteiger partial charge >= 0.3 is 5.97 Å². The van der Waals surface area contributed by atoms with Crippen molar-refractivity contribution in [2.45, 2.75) is 72.3 Å². The molecule has 0 radical (unpaired) electrons. The van der Waals surface area contributed by atoms with Gasteiger partial charge in [0, 0.05) is 35.7 Å². The number of fused-ring (bicyclic) bond motifs is 1. The van der Waals surface area contributed by atoms with Crippen molar-refractivity contribution in [3.63, 3.8) is 0 Å². The largest absolute Gasteiger partial charge is 0.481 e. The fraction of sp³-hybridized carbons (Fsp3) is 0.500. The monoisotopic (exact) mass is 454 g/mol. The molecule has 0 fully saturated rings. The zero-order valence-electron chi connectivity index (χ0n) is 19.5. The highest BCUT2D eigenvalue weighted by molar-refractivity contribution is 7.09. The van der Waals surface area contributed by atoms with Crippen LogP contribution < -0.4 is 0 Å². The minimum atomic E-state index is -0.847. The molecule has 0 spiro atoms. The Morgan fingerprint density at radius 2 is 1.84 bits per heavy atom. The second-order valence-corrected chi connectivity index (χ2v) is 9.73. The summed E-state index contributed by atoms with van der Waals surface area (Å²) in [5.74, 6) is 0.211. The summed E-state index contributed by atoms with van der Waals surface area (Å²) in [6.45, 7) is 8.46. The lowest BCUT2D eigenvalue weighted by atomic mass is 9.84. The summed E-state index contributed by atoms with van der Waals surface area (Å²) < 4.78 is 2.34. The number of hydrogen-bond acceptors (Lipinski definition) is 4. The molecule has 3 rings (SSSR count). The molecule has 0 aliphatic carbocycles. The van der Waals surface area contributed by atoms with Crippen molar-refractivity contribution >= 4 is 34.1 Å².